The Morgan fingerprint density at radius 3 is 2.45 bits per heavy atom. The molecule has 1 heterocycles. The smallest absolute Gasteiger partial charge is 0.225 e. The molecule has 0 bridgehead atoms. The summed E-state index contributed by atoms with van der Waals surface area (Å²) in [7, 11) is 0. The molecule has 1 aliphatic heterocycles. The van der Waals surface area contributed by atoms with E-state index in [1.54, 1.807) is 0 Å². The van der Waals surface area contributed by atoms with Crippen molar-refractivity contribution in [3.8, 4) is 0 Å². The van der Waals surface area contributed by atoms with Crippen molar-refractivity contribution >= 4 is 5.91 Å². The zero-order valence-corrected chi connectivity index (χ0v) is 13.6. The number of piperidine rings is 1. The van der Waals surface area contributed by atoms with Crippen molar-refractivity contribution in [1.82, 2.24) is 4.90 Å². The molecule has 1 N–H and O–H groups in total. The third-order valence-corrected chi connectivity index (χ3v) is 5.05. The first-order valence-electron chi connectivity index (χ1n) is 8.20. The summed E-state index contributed by atoms with van der Waals surface area (Å²) in [6, 6.07) is 0. The first-order valence-corrected chi connectivity index (χ1v) is 8.20. The molecule has 2 rings (SSSR count). The molecule has 0 spiro atoms. The molecule has 1 amide bonds. The van der Waals surface area contributed by atoms with Crippen LogP contribution in [-0.2, 0) is 4.79 Å². The van der Waals surface area contributed by atoms with Crippen LogP contribution >= 0.6 is 0 Å². The van der Waals surface area contributed by atoms with Crippen LogP contribution in [0.1, 0.15) is 53.4 Å². The Morgan fingerprint density at radius 2 is 1.85 bits per heavy atom. The van der Waals surface area contributed by atoms with Gasteiger partial charge in [-0.3, -0.25) is 4.79 Å². The molecule has 0 aromatic heterocycles. The monoisotopic (exact) mass is 281 g/mol. The van der Waals surface area contributed by atoms with Gasteiger partial charge in [0.05, 0.1) is 0 Å². The van der Waals surface area contributed by atoms with Crippen LogP contribution in [0.5, 0.6) is 0 Å². The maximum Gasteiger partial charge on any atom is 0.225 e. The Hall–Kier alpha value is -0.570. The molecule has 116 valence electrons. The van der Waals surface area contributed by atoms with E-state index >= 15 is 0 Å². The van der Waals surface area contributed by atoms with Crippen LogP contribution in [0.25, 0.3) is 0 Å². The van der Waals surface area contributed by atoms with E-state index in [0.29, 0.717) is 17.7 Å². The maximum atomic E-state index is 12.8. The Balaban J connectivity index is 2.02. The van der Waals surface area contributed by atoms with E-state index in [1.165, 1.54) is 6.42 Å². The van der Waals surface area contributed by atoms with Gasteiger partial charge in [0.1, 0.15) is 0 Å². The summed E-state index contributed by atoms with van der Waals surface area (Å²) in [5.41, 5.74) is 0.287. The topological polar surface area (TPSA) is 40.5 Å². The van der Waals surface area contributed by atoms with Crippen LogP contribution in [0.2, 0.25) is 0 Å². The quantitative estimate of drug-likeness (QED) is 0.845. The number of carbonyl (C=O) groups is 1. The number of rotatable bonds is 2. The lowest BCUT2D eigenvalue weighted by Gasteiger charge is -2.42. The minimum Gasteiger partial charge on any atom is -0.396 e. The second-order valence-electron chi connectivity index (χ2n) is 8.24. The van der Waals surface area contributed by atoms with E-state index in [1.807, 2.05) is 4.90 Å². The van der Waals surface area contributed by atoms with Gasteiger partial charge < -0.3 is 10.0 Å². The van der Waals surface area contributed by atoms with Gasteiger partial charge in [0.15, 0.2) is 0 Å². The summed E-state index contributed by atoms with van der Waals surface area (Å²) in [6.07, 6.45) is 4.33. The number of carbonyl (C=O) groups excluding carboxylic acids is 1. The lowest BCUT2D eigenvalue weighted by molar-refractivity contribution is -0.142. The average molecular weight is 281 g/mol. The molecule has 1 saturated heterocycles. The van der Waals surface area contributed by atoms with Gasteiger partial charge in [0, 0.05) is 25.6 Å². The SMILES string of the molecule is CC1CC(CO)CN(C(=O)C2CC(C)CC(C)(C)C2)C1. The van der Waals surface area contributed by atoms with Crippen LogP contribution in [0.4, 0.5) is 0 Å². The highest BCUT2D eigenvalue weighted by molar-refractivity contribution is 5.79. The second-order valence-corrected chi connectivity index (χ2v) is 8.24. The molecule has 3 nitrogen and oxygen atoms in total. The van der Waals surface area contributed by atoms with Gasteiger partial charge in [0.2, 0.25) is 5.91 Å². The van der Waals surface area contributed by atoms with Gasteiger partial charge in [-0.05, 0) is 48.9 Å². The number of nitrogens with zero attached hydrogens (tertiary/aromatic N) is 1. The van der Waals surface area contributed by atoms with E-state index in [0.717, 1.165) is 32.4 Å². The number of likely N-dealkylation sites (tertiary alicyclic amines) is 1. The van der Waals surface area contributed by atoms with E-state index in [4.69, 9.17) is 0 Å². The molecule has 4 atom stereocenters. The Bertz CT molecular complexity index is 353. The highest BCUT2D eigenvalue weighted by Gasteiger charge is 2.38. The maximum absolute atomic E-state index is 12.8. The zero-order valence-electron chi connectivity index (χ0n) is 13.6. The molecule has 3 heteroatoms. The third-order valence-electron chi connectivity index (χ3n) is 5.05. The summed E-state index contributed by atoms with van der Waals surface area (Å²) in [5.74, 6) is 1.96. The average Bonchev–Trinajstić information content (AvgIpc) is 2.34. The molecule has 20 heavy (non-hydrogen) atoms. The highest BCUT2D eigenvalue weighted by atomic mass is 16.3. The fraction of sp³-hybridized carbons (Fsp3) is 0.941. The van der Waals surface area contributed by atoms with E-state index in [-0.39, 0.29) is 23.9 Å². The fourth-order valence-corrected chi connectivity index (χ4v) is 4.59. The molecule has 0 aromatic carbocycles. The van der Waals surface area contributed by atoms with Crippen LogP contribution in [0, 0.1) is 29.1 Å². The number of amides is 1. The van der Waals surface area contributed by atoms with Crippen LogP contribution < -0.4 is 0 Å². The van der Waals surface area contributed by atoms with Gasteiger partial charge in [-0.1, -0.05) is 27.7 Å². The highest BCUT2D eigenvalue weighted by Crippen LogP contribution is 2.42. The molecule has 0 radical (unpaired) electrons. The molecule has 1 aliphatic carbocycles. The van der Waals surface area contributed by atoms with E-state index < -0.39 is 0 Å². The van der Waals surface area contributed by atoms with Crippen molar-refractivity contribution in [3.05, 3.63) is 0 Å². The van der Waals surface area contributed by atoms with Crippen molar-refractivity contribution in [2.24, 2.45) is 29.1 Å². The minimum atomic E-state index is 0.193. The van der Waals surface area contributed by atoms with Gasteiger partial charge in [-0.25, -0.2) is 0 Å². The largest absolute Gasteiger partial charge is 0.396 e. The van der Waals surface area contributed by atoms with Crippen LogP contribution in [-0.4, -0.2) is 35.6 Å². The molecule has 2 aliphatic rings. The fourth-order valence-electron chi connectivity index (χ4n) is 4.59. The molecular weight excluding hydrogens is 250 g/mol. The lowest BCUT2D eigenvalue weighted by atomic mass is 9.67. The predicted octanol–water partition coefficient (Wildman–Crippen LogP) is 2.93. The second kappa shape index (κ2) is 6.05. The van der Waals surface area contributed by atoms with Crippen molar-refractivity contribution in [2.45, 2.75) is 53.4 Å². The standard InChI is InChI=1S/C17H31NO2/c1-12-6-15(8-17(3,4)7-12)16(20)18-9-13(2)5-14(10-18)11-19/h12-15,19H,5-11H2,1-4H3. The van der Waals surface area contributed by atoms with Crippen molar-refractivity contribution < 1.29 is 9.90 Å². The number of aliphatic hydroxyl groups excluding tert-OH is 1. The molecule has 4 unspecified atom stereocenters. The minimum absolute atomic E-state index is 0.193. The normalized spacial score (nSPS) is 37.8. The van der Waals surface area contributed by atoms with Crippen molar-refractivity contribution in [3.63, 3.8) is 0 Å². The van der Waals surface area contributed by atoms with Gasteiger partial charge in [0.25, 0.3) is 0 Å². The first kappa shape index (κ1) is 15.8. The Morgan fingerprint density at radius 1 is 1.15 bits per heavy atom. The molecule has 2 fully saturated rings. The van der Waals surface area contributed by atoms with Gasteiger partial charge in [-0.15, -0.1) is 0 Å². The first-order chi connectivity index (χ1) is 9.30. The van der Waals surface area contributed by atoms with Crippen LogP contribution in [0.3, 0.4) is 0 Å². The number of hydrogen-bond acceptors (Lipinski definition) is 2. The molecular formula is C17H31NO2. The number of aliphatic hydroxyl groups is 1. The van der Waals surface area contributed by atoms with E-state index in [9.17, 15) is 9.90 Å². The predicted molar refractivity (Wildman–Crippen MR) is 81.2 cm³/mol. The Labute approximate surface area is 123 Å². The lowest BCUT2D eigenvalue weighted by Crippen LogP contribution is -2.48. The summed E-state index contributed by atoms with van der Waals surface area (Å²) in [4.78, 5) is 14.9. The zero-order chi connectivity index (χ0) is 14.9. The van der Waals surface area contributed by atoms with Crippen LogP contribution in [0.15, 0.2) is 0 Å². The summed E-state index contributed by atoms with van der Waals surface area (Å²) < 4.78 is 0. The van der Waals surface area contributed by atoms with Crippen molar-refractivity contribution in [1.29, 1.82) is 0 Å². The van der Waals surface area contributed by atoms with E-state index in [2.05, 4.69) is 27.7 Å². The third kappa shape index (κ3) is 3.75. The molecule has 1 saturated carbocycles. The summed E-state index contributed by atoms with van der Waals surface area (Å²) in [6.45, 7) is 10.9. The van der Waals surface area contributed by atoms with Gasteiger partial charge >= 0.3 is 0 Å². The summed E-state index contributed by atoms with van der Waals surface area (Å²) >= 11 is 0. The Kier molecular flexibility index (Phi) is 4.78. The summed E-state index contributed by atoms with van der Waals surface area (Å²) in [5, 5.41) is 9.41. The number of hydrogen-bond donors (Lipinski definition) is 1. The molecule has 0 aromatic rings. The van der Waals surface area contributed by atoms with Gasteiger partial charge in [-0.2, -0.15) is 0 Å². The van der Waals surface area contributed by atoms with Crippen molar-refractivity contribution in [2.75, 3.05) is 19.7 Å².